The lowest BCUT2D eigenvalue weighted by atomic mass is 10.1. The van der Waals surface area contributed by atoms with E-state index in [0.717, 1.165) is 0 Å². The molecule has 0 unspecified atom stereocenters. The van der Waals surface area contributed by atoms with Gasteiger partial charge in [0.05, 0.1) is 11.6 Å². The van der Waals surface area contributed by atoms with Gasteiger partial charge >= 0.3 is 5.97 Å². The summed E-state index contributed by atoms with van der Waals surface area (Å²) in [5.74, 6) is -1.47. The Morgan fingerprint density at radius 3 is 2.65 bits per heavy atom. The predicted octanol–water partition coefficient (Wildman–Crippen LogP) is 1.85. The van der Waals surface area contributed by atoms with Gasteiger partial charge in [-0.05, 0) is 12.1 Å². The highest BCUT2D eigenvalue weighted by Gasteiger charge is 2.42. The number of benzene rings is 1. The first kappa shape index (κ1) is 12.4. The minimum atomic E-state index is -1.47. The van der Waals surface area contributed by atoms with E-state index in [9.17, 15) is 24.3 Å². The minimum Gasteiger partial charge on any atom is -0.477 e. The molecule has 1 heterocycles. The van der Waals surface area contributed by atoms with Crippen LogP contribution in [0.4, 0.5) is 4.39 Å². The largest absolute Gasteiger partial charge is 0.477 e. The standard InChI is InChI=1S/C14H9FN2O3/c15-8-5-10(8)17-9-4-2-1-3-7(9)13(18)12(14(19)20)11(17)6-16/h1-4,8,10H,5H2,(H,19,20)/t8-,10+/m0/s1. The topological polar surface area (TPSA) is 83.1 Å². The fourth-order valence-electron chi connectivity index (χ4n) is 2.43. The van der Waals surface area contributed by atoms with Gasteiger partial charge in [-0.15, -0.1) is 0 Å². The summed E-state index contributed by atoms with van der Waals surface area (Å²) in [6.45, 7) is 0. The van der Waals surface area contributed by atoms with Crippen LogP contribution in [0, 0.1) is 11.3 Å². The van der Waals surface area contributed by atoms with E-state index in [1.807, 2.05) is 0 Å². The molecule has 0 aliphatic heterocycles. The highest BCUT2D eigenvalue weighted by molar-refractivity contribution is 5.95. The molecule has 1 aliphatic carbocycles. The van der Waals surface area contributed by atoms with Crippen molar-refractivity contribution in [2.75, 3.05) is 0 Å². The summed E-state index contributed by atoms with van der Waals surface area (Å²) in [6.07, 6.45) is -0.893. The second-order valence-electron chi connectivity index (χ2n) is 4.68. The highest BCUT2D eigenvalue weighted by Crippen LogP contribution is 2.41. The molecule has 3 rings (SSSR count). The Labute approximate surface area is 112 Å². The summed E-state index contributed by atoms with van der Waals surface area (Å²) in [6, 6.07) is 7.50. The maximum atomic E-state index is 13.4. The van der Waals surface area contributed by atoms with Crippen molar-refractivity contribution >= 4 is 16.9 Å². The SMILES string of the molecule is N#Cc1c(C(=O)O)c(=O)c2ccccc2n1[C@@H]1C[C@@H]1F. The molecule has 100 valence electrons. The number of rotatable bonds is 2. The summed E-state index contributed by atoms with van der Waals surface area (Å²) in [4.78, 5) is 23.5. The third-order valence-corrected chi connectivity index (χ3v) is 3.45. The van der Waals surface area contributed by atoms with Crippen LogP contribution < -0.4 is 5.43 Å². The molecule has 20 heavy (non-hydrogen) atoms. The molecule has 1 saturated carbocycles. The van der Waals surface area contributed by atoms with E-state index in [-0.39, 0.29) is 17.5 Å². The van der Waals surface area contributed by atoms with Crippen LogP contribution in [0.2, 0.25) is 0 Å². The van der Waals surface area contributed by atoms with Crippen LogP contribution in [0.5, 0.6) is 0 Å². The summed E-state index contributed by atoms with van der Waals surface area (Å²) in [5.41, 5.74) is -1.20. The number of fused-ring (bicyclic) bond motifs is 1. The van der Waals surface area contributed by atoms with Crippen LogP contribution in [0.3, 0.4) is 0 Å². The van der Waals surface area contributed by atoms with E-state index in [4.69, 9.17) is 0 Å². The van der Waals surface area contributed by atoms with Crippen LogP contribution >= 0.6 is 0 Å². The van der Waals surface area contributed by atoms with Crippen molar-refractivity contribution in [1.29, 1.82) is 5.26 Å². The molecular formula is C14H9FN2O3. The third-order valence-electron chi connectivity index (χ3n) is 3.45. The molecule has 1 fully saturated rings. The van der Waals surface area contributed by atoms with Crippen molar-refractivity contribution in [3.63, 3.8) is 0 Å². The monoisotopic (exact) mass is 272 g/mol. The molecule has 2 atom stereocenters. The Bertz CT molecular complexity index is 835. The van der Waals surface area contributed by atoms with Crippen LogP contribution in [0.25, 0.3) is 10.9 Å². The molecule has 0 saturated heterocycles. The Morgan fingerprint density at radius 2 is 2.10 bits per heavy atom. The van der Waals surface area contributed by atoms with E-state index < -0.39 is 29.2 Å². The molecule has 5 nitrogen and oxygen atoms in total. The van der Waals surface area contributed by atoms with Crippen LogP contribution in [0.1, 0.15) is 28.5 Å². The van der Waals surface area contributed by atoms with Crippen molar-refractivity contribution < 1.29 is 14.3 Å². The molecule has 1 N–H and O–H groups in total. The van der Waals surface area contributed by atoms with Gasteiger partial charge < -0.3 is 9.67 Å². The van der Waals surface area contributed by atoms with Crippen molar-refractivity contribution in [1.82, 2.24) is 4.57 Å². The number of hydrogen-bond donors (Lipinski definition) is 1. The van der Waals surface area contributed by atoms with Gasteiger partial charge in [0.25, 0.3) is 0 Å². The minimum absolute atomic E-state index is 0.183. The number of aromatic carboxylic acids is 1. The Morgan fingerprint density at radius 1 is 1.45 bits per heavy atom. The van der Waals surface area contributed by atoms with Gasteiger partial charge in [-0.3, -0.25) is 4.79 Å². The normalized spacial score (nSPS) is 20.6. The second kappa shape index (κ2) is 4.17. The van der Waals surface area contributed by atoms with E-state index in [1.54, 1.807) is 24.3 Å². The summed E-state index contributed by atoms with van der Waals surface area (Å²) in [5, 5.41) is 18.6. The molecule has 0 bridgehead atoms. The number of pyridine rings is 1. The van der Waals surface area contributed by atoms with Gasteiger partial charge in [-0.1, -0.05) is 12.1 Å². The third kappa shape index (κ3) is 1.60. The molecule has 0 radical (unpaired) electrons. The molecular weight excluding hydrogens is 263 g/mol. The lowest BCUT2D eigenvalue weighted by molar-refractivity contribution is 0.0694. The first-order valence-corrected chi connectivity index (χ1v) is 6.01. The zero-order valence-electron chi connectivity index (χ0n) is 10.2. The maximum absolute atomic E-state index is 13.4. The number of carboxylic acids is 1. The van der Waals surface area contributed by atoms with Crippen molar-refractivity contribution in [3.05, 3.63) is 45.7 Å². The van der Waals surface area contributed by atoms with Crippen LogP contribution in [-0.2, 0) is 0 Å². The summed E-state index contributed by atoms with van der Waals surface area (Å²) in [7, 11) is 0. The van der Waals surface area contributed by atoms with Crippen molar-refractivity contribution in [3.8, 4) is 6.07 Å². The van der Waals surface area contributed by atoms with Crippen molar-refractivity contribution in [2.45, 2.75) is 18.6 Å². The van der Waals surface area contributed by atoms with Gasteiger partial charge in [-0.25, -0.2) is 9.18 Å². The number of carboxylic acid groups (broad SMARTS) is 1. The average Bonchev–Trinajstić information content (AvgIpc) is 3.14. The van der Waals surface area contributed by atoms with Gasteiger partial charge in [0.15, 0.2) is 0 Å². The number of para-hydroxylation sites is 1. The summed E-state index contributed by atoms with van der Waals surface area (Å²) < 4.78 is 14.7. The quantitative estimate of drug-likeness (QED) is 0.904. The number of hydrogen-bond acceptors (Lipinski definition) is 3. The average molecular weight is 272 g/mol. The number of nitrogens with zero attached hydrogens (tertiary/aromatic N) is 2. The Balaban J connectivity index is 2.52. The number of carbonyl (C=O) groups is 1. The number of aromatic nitrogens is 1. The smallest absolute Gasteiger partial charge is 0.342 e. The van der Waals surface area contributed by atoms with E-state index in [0.29, 0.717) is 5.52 Å². The molecule has 2 aromatic rings. The predicted molar refractivity (Wildman–Crippen MR) is 68.4 cm³/mol. The lowest BCUT2D eigenvalue weighted by Crippen LogP contribution is -2.23. The molecule has 1 aromatic carbocycles. The number of alkyl halides is 1. The zero-order valence-corrected chi connectivity index (χ0v) is 10.2. The lowest BCUT2D eigenvalue weighted by Gasteiger charge is -2.14. The molecule has 0 spiro atoms. The molecule has 1 aromatic heterocycles. The Kier molecular flexibility index (Phi) is 2.57. The van der Waals surface area contributed by atoms with Crippen LogP contribution in [0.15, 0.2) is 29.1 Å². The van der Waals surface area contributed by atoms with E-state index in [1.165, 1.54) is 10.6 Å². The Hall–Kier alpha value is -2.68. The fourth-order valence-corrected chi connectivity index (χ4v) is 2.43. The molecule has 6 heteroatoms. The number of halogens is 1. The molecule has 0 amide bonds. The van der Waals surface area contributed by atoms with Crippen LogP contribution in [-0.4, -0.2) is 21.8 Å². The number of nitriles is 1. The van der Waals surface area contributed by atoms with Gasteiger partial charge in [-0.2, -0.15) is 5.26 Å². The zero-order chi connectivity index (χ0) is 14.4. The van der Waals surface area contributed by atoms with E-state index in [2.05, 4.69) is 0 Å². The first-order valence-electron chi connectivity index (χ1n) is 6.01. The van der Waals surface area contributed by atoms with Gasteiger partial charge in [0.2, 0.25) is 5.43 Å². The molecule has 1 aliphatic rings. The van der Waals surface area contributed by atoms with E-state index >= 15 is 0 Å². The second-order valence-corrected chi connectivity index (χ2v) is 4.68. The summed E-state index contributed by atoms with van der Waals surface area (Å²) >= 11 is 0. The fraction of sp³-hybridized carbons (Fsp3) is 0.214. The highest BCUT2D eigenvalue weighted by atomic mass is 19.1. The van der Waals surface area contributed by atoms with Gasteiger partial charge in [0.1, 0.15) is 23.5 Å². The van der Waals surface area contributed by atoms with Gasteiger partial charge in [0, 0.05) is 11.8 Å². The van der Waals surface area contributed by atoms with Crippen molar-refractivity contribution in [2.24, 2.45) is 0 Å². The first-order chi connectivity index (χ1) is 9.56. The maximum Gasteiger partial charge on any atom is 0.342 e.